The van der Waals surface area contributed by atoms with Crippen molar-refractivity contribution in [1.82, 2.24) is 0 Å². The fourth-order valence-electron chi connectivity index (χ4n) is 5.27. The van der Waals surface area contributed by atoms with Crippen LogP contribution in [0.25, 0.3) is 0 Å². The molecule has 2 heterocycles. The second-order valence-electron chi connectivity index (χ2n) is 9.76. The lowest BCUT2D eigenvalue weighted by Gasteiger charge is -2.46. The largest absolute Gasteiger partial charge is 0.371 e. The van der Waals surface area contributed by atoms with Gasteiger partial charge in [0.15, 0.2) is 9.84 Å². The topological polar surface area (TPSA) is 117 Å². The van der Waals surface area contributed by atoms with Gasteiger partial charge in [0, 0.05) is 18.8 Å². The lowest BCUT2D eigenvalue weighted by molar-refractivity contribution is 0.305. The molecule has 0 aromatic heterocycles. The van der Waals surface area contributed by atoms with Crippen LogP contribution in [0.15, 0.2) is 33.1 Å². The minimum absolute atomic E-state index is 0.162. The monoisotopic (exact) mass is 460 g/mol. The number of nitrogens with zero attached hydrogens (tertiary/aromatic N) is 4. The molecule has 1 unspecified atom stereocenters. The molecule has 176 valence electrons. The van der Waals surface area contributed by atoms with Crippen LogP contribution >= 0.6 is 0 Å². The predicted molar refractivity (Wildman–Crippen MR) is 131 cm³/mol. The maximum atomic E-state index is 13.4. The average Bonchev–Trinajstić information content (AvgIpc) is 2.73. The zero-order valence-corrected chi connectivity index (χ0v) is 20.2. The van der Waals surface area contributed by atoms with Crippen LogP contribution in [0, 0.1) is 5.92 Å². The Morgan fingerprint density at radius 3 is 2.50 bits per heavy atom. The van der Waals surface area contributed by atoms with E-state index in [4.69, 9.17) is 16.5 Å². The number of guanidine groups is 2. The van der Waals surface area contributed by atoms with Crippen molar-refractivity contribution in [2.24, 2.45) is 27.4 Å². The maximum Gasteiger partial charge on any atom is 0.220 e. The molecular formula is C23H36N6O2S. The Bertz CT molecular complexity index is 1030. The summed E-state index contributed by atoms with van der Waals surface area (Å²) in [6.45, 7) is 7.59. The Morgan fingerprint density at radius 2 is 1.84 bits per heavy atom. The van der Waals surface area contributed by atoms with Gasteiger partial charge in [-0.15, -0.1) is 0 Å². The molecule has 3 aliphatic rings. The van der Waals surface area contributed by atoms with Gasteiger partial charge < -0.3 is 16.4 Å². The highest BCUT2D eigenvalue weighted by Crippen LogP contribution is 2.43. The number of rotatable bonds is 4. The number of hydrogen-bond donors (Lipinski definition) is 2. The van der Waals surface area contributed by atoms with E-state index in [9.17, 15) is 8.42 Å². The lowest BCUT2D eigenvalue weighted by Crippen LogP contribution is -2.58. The first-order valence-corrected chi connectivity index (χ1v) is 13.3. The van der Waals surface area contributed by atoms with E-state index in [1.807, 2.05) is 17.0 Å². The van der Waals surface area contributed by atoms with E-state index in [1.165, 1.54) is 6.42 Å². The standard InChI is InChI=1S/C23H36N6O2S/c1-16(2)32(30,31)20-10-9-18(28-13-7-8-17(3)15-28)14-19(20)29-22(25)26-21(24)27-23(29)11-5-4-6-12-23/h9-10,14,16-17H,4-8,11-13,15H2,1-3H3,(H4,24,25,26,27). The Hall–Kier alpha value is -2.29. The van der Waals surface area contributed by atoms with Crippen LogP contribution in [-0.4, -0.2) is 44.3 Å². The third-order valence-corrected chi connectivity index (χ3v) is 9.18. The molecule has 1 aromatic carbocycles. The van der Waals surface area contributed by atoms with Crippen molar-refractivity contribution < 1.29 is 8.42 Å². The molecule has 4 rings (SSSR count). The molecule has 4 N–H and O–H groups in total. The zero-order chi connectivity index (χ0) is 23.1. The van der Waals surface area contributed by atoms with E-state index in [-0.39, 0.29) is 16.8 Å². The van der Waals surface area contributed by atoms with Gasteiger partial charge in [-0.2, -0.15) is 4.99 Å². The van der Waals surface area contributed by atoms with Crippen molar-refractivity contribution in [3.8, 4) is 0 Å². The van der Waals surface area contributed by atoms with Crippen molar-refractivity contribution in [2.45, 2.75) is 81.5 Å². The van der Waals surface area contributed by atoms with Gasteiger partial charge in [-0.3, -0.25) is 4.90 Å². The molecule has 1 aromatic rings. The van der Waals surface area contributed by atoms with Crippen LogP contribution in [0.2, 0.25) is 0 Å². The summed E-state index contributed by atoms with van der Waals surface area (Å²) in [5, 5.41) is -0.555. The van der Waals surface area contributed by atoms with Crippen LogP contribution in [0.1, 0.15) is 65.7 Å². The molecule has 0 bridgehead atoms. The van der Waals surface area contributed by atoms with Crippen molar-refractivity contribution in [3.63, 3.8) is 0 Å². The smallest absolute Gasteiger partial charge is 0.220 e. The first-order chi connectivity index (χ1) is 15.1. The average molecular weight is 461 g/mol. The molecule has 2 aliphatic heterocycles. The first kappa shape index (κ1) is 22.9. The summed E-state index contributed by atoms with van der Waals surface area (Å²) in [5.74, 6) is 0.973. The van der Waals surface area contributed by atoms with Gasteiger partial charge >= 0.3 is 0 Å². The van der Waals surface area contributed by atoms with E-state index in [0.29, 0.717) is 11.6 Å². The van der Waals surface area contributed by atoms with Gasteiger partial charge in [-0.1, -0.05) is 13.3 Å². The third kappa shape index (κ3) is 4.07. The number of nitrogens with two attached hydrogens (primary N) is 2. The highest BCUT2D eigenvalue weighted by molar-refractivity contribution is 7.92. The first-order valence-electron chi connectivity index (χ1n) is 11.8. The van der Waals surface area contributed by atoms with Gasteiger partial charge in [0.05, 0.1) is 15.8 Å². The number of benzene rings is 1. The van der Waals surface area contributed by atoms with Gasteiger partial charge in [-0.25, -0.2) is 13.4 Å². The van der Waals surface area contributed by atoms with Crippen molar-refractivity contribution in [3.05, 3.63) is 18.2 Å². The maximum absolute atomic E-state index is 13.4. The summed E-state index contributed by atoms with van der Waals surface area (Å²) >= 11 is 0. The molecular weight excluding hydrogens is 424 g/mol. The molecule has 0 radical (unpaired) electrons. The molecule has 32 heavy (non-hydrogen) atoms. The van der Waals surface area contributed by atoms with Crippen LogP contribution < -0.4 is 21.3 Å². The van der Waals surface area contributed by atoms with Gasteiger partial charge in [-0.05, 0) is 76.5 Å². The lowest BCUT2D eigenvalue weighted by atomic mass is 9.87. The summed E-state index contributed by atoms with van der Waals surface area (Å²) in [5.41, 5.74) is 13.4. The molecule has 2 fully saturated rings. The Balaban J connectivity index is 1.89. The molecule has 1 saturated carbocycles. The second-order valence-corrected chi connectivity index (χ2v) is 12.2. The van der Waals surface area contributed by atoms with Crippen LogP contribution in [-0.2, 0) is 9.84 Å². The summed E-state index contributed by atoms with van der Waals surface area (Å²) in [6.07, 6.45) is 6.94. The molecule has 1 saturated heterocycles. The summed E-state index contributed by atoms with van der Waals surface area (Å²) in [7, 11) is -3.56. The van der Waals surface area contributed by atoms with E-state index in [2.05, 4.69) is 16.8 Å². The van der Waals surface area contributed by atoms with E-state index < -0.39 is 20.8 Å². The third-order valence-electron chi connectivity index (χ3n) is 6.98. The number of aliphatic imine (C=N–C) groups is 2. The van der Waals surface area contributed by atoms with Gasteiger partial charge in [0.1, 0.15) is 5.66 Å². The minimum atomic E-state index is -3.56. The van der Waals surface area contributed by atoms with Crippen LogP contribution in [0.4, 0.5) is 11.4 Å². The Morgan fingerprint density at radius 1 is 1.12 bits per heavy atom. The fourth-order valence-corrected chi connectivity index (χ4v) is 6.47. The number of piperidine rings is 1. The van der Waals surface area contributed by atoms with Crippen molar-refractivity contribution in [2.75, 3.05) is 22.9 Å². The molecule has 0 amide bonds. The van der Waals surface area contributed by atoms with Gasteiger partial charge in [0.2, 0.25) is 11.9 Å². The SMILES string of the molecule is CC1CCCN(c2ccc(S(=O)(=O)C(C)C)c(N3C(N)=NC(N)=NC34CCCCC4)c2)C1. The summed E-state index contributed by atoms with van der Waals surface area (Å²) in [6, 6.07) is 5.65. The second kappa shape index (κ2) is 8.57. The number of sulfone groups is 1. The Kier molecular flexibility index (Phi) is 6.13. The summed E-state index contributed by atoms with van der Waals surface area (Å²) < 4.78 is 26.8. The fraction of sp³-hybridized carbons (Fsp3) is 0.652. The summed E-state index contributed by atoms with van der Waals surface area (Å²) in [4.78, 5) is 13.5. The van der Waals surface area contributed by atoms with Crippen LogP contribution in [0.3, 0.4) is 0 Å². The quantitative estimate of drug-likeness (QED) is 0.712. The van der Waals surface area contributed by atoms with Crippen molar-refractivity contribution in [1.29, 1.82) is 0 Å². The Labute approximate surface area is 191 Å². The van der Waals surface area contributed by atoms with Crippen molar-refractivity contribution >= 4 is 33.1 Å². The van der Waals surface area contributed by atoms with E-state index >= 15 is 0 Å². The minimum Gasteiger partial charge on any atom is -0.371 e. The highest BCUT2D eigenvalue weighted by atomic mass is 32.2. The highest BCUT2D eigenvalue weighted by Gasteiger charge is 2.44. The van der Waals surface area contributed by atoms with Gasteiger partial charge in [0.25, 0.3) is 0 Å². The van der Waals surface area contributed by atoms with Crippen LogP contribution in [0.5, 0.6) is 0 Å². The molecule has 1 aliphatic carbocycles. The zero-order valence-electron chi connectivity index (χ0n) is 19.4. The normalized spacial score (nSPS) is 23.9. The predicted octanol–water partition coefficient (Wildman–Crippen LogP) is 3.21. The van der Waals surface area contributed by atoms with E-state index in [1.54, 1.807) is 19.9 Å². The molecule has 1 atom stereocenters. The molecule has 1 spiro atoms. The number of anilines is 2. The molecule has 9 heteroatoms. The number of hydrogen-bond acceptors (Lipinski definition) is 8. The molecule has 8 nitrogen and oxygen atoms in total. The van der Waals surface area contributed by atoms with E-state index in [0.717, 1.165) is 57.3 Å².